The molecule has 2 fully saturated rings. The first-order valence-corrected chi connectivity index (χ1v) is 6.81. The van der Waals surface area contributed by atoms with Gasteiger partial charge in [-0.1, -0.05) is 20.8 Å². The van der Waals surface area contributed by atoms with Crippen LogP contribution in [0.2, 0.25) is 0 Å². The number of ether oxygens (including phenoxy) is 1. The molecule has 2 unspecified atom stereocenters. The van der Waals surface area contributed by atoms with Gasteiger partial charge in [-0.25, -0.2) is 0 Å². The summed E-state index contributed by atoms with van der Waals surface area (Å²) in [4.78, 5) is 14.5. The number of nitrogens with one attached hydrogen (secondary N) is 1. The van der Waals surface area contributed by atoms with Crippen LogP contribution in [0, 0.1) is 5.92 Å². The van der Waals surface area contributed by atoms with Crippen LogP contribution in [0.1, 0.15) is 40.0 Å². The van der Waals surface area contributed by atoms with E-state index in [1.807, 2.05) is 0 Å². The molecule has 4 heteroatoms. The van der Waals surface area contributed by atoms with Gasteiger partial charge in [0.15, 0.2) is 0 Å². The maximum Gasteiger partial charge on any atom is 0.241 e. The zero-order valence-corrected chi connectivity index (χ0v) is 11.1. The quantitative estimate of drug-likeness (QED) is 0.810. The average Bonchev–Trinajstić information content (AvgIpc) is 2.67. The van der Waals surface area contributed by atoms with Crippen LogP contribution >= 0.6 is 0 Å². The maximum absolute atomic E-state index is 12.4. The zero-order chi connectivity index (χ0) is 12.4. The molecule has 2 rings (SSSR count). The number of carbonyl (C=O) groups excluding carboxylic acids is 1. The number of amides is 1. The number of hydrogen-bond acceptors (Lipinski definition) is 3. The van der Waals surface area contributed by atoms with Crippen molar-refractivity contribution in [2.24, 2.45) is 5.92 Å². The lowest BCUT2D eigenvalue weighted by molar-refractivity contribution is -0.134. The van der Waals surface area contributed by atoms with E-state index in [0.29, 0.717) is 12.0 Å². The minimum atomic E-state index is 0.0187. The van der Waals surface area contributed by atoms with Gasteiger partial charge in [0.2, 0.25) is 5.91 Å². The van der Waals surface area contributed by atoms with Crippen LogP contribution < -0.4 is 5.32 Å². The molecule has 1 N–H and O–H groups in total. The molecule has 4 nitrogen and oxygen atoms in total. The minimum absolute atomic E-state index is 0.0187. The first-order chi connectivity index (χ1) is 8.15. The molecule has 2 saturated heterocycles. The maximum atomic E-state index is 12.4. The van der Waals surface area contributed by atoms with Gasteiger partial charge in [-0.3, -0.25) is 10.1 Å². The van der Waals surface area contributed by atoms with Gasteiger partial charge >= 0.3 is 0 Å². The zero-order valence-electron chi connectivity index (χ0n) is 11.1. The molecule has 0 bridgehead atoms. The van der Waals surface area contributed by atoms with Crippen molar-refractivity contribution < 1.29 is 9.53 Å². The smallest absolute Gasteiger partial charge is 0.241 e. The molecule has 2 aliphatic rings. The van der Waals surface area contributed by atoms with Crippen molar-refractivity contribution in [1.82, 2.24) is 10.2 Å². The molecule has 0 aromatic carbocycles. The lowest BCUT2D eigenvalue weighted by Gasteiger charge is -2.36. The van der Waals surface area contributed by atoms with Gasteiger partial charge < -0.3 is 9.64 Å². The highest BCUT2D eigenvalue weighted by Crippen LogP contribution is 2.26. The third kappa shape index (κ3) is 2.47. The summed E-state index contributed by atoms with van der Waals surface area (Å²) >= 11 is 0. The first kappa shape index (κ1) is 12.8. The van der Waals surface area contributed by atoms with Crippen molar-refractivity contribution in [2.45, 2.75) is 58.3 Å². The summed E-state index contributed by atoms with van der Waals surface area (Å²) in [5.74, 6) is 0.747. The fraction of sp³-hybridized carbons (Fsp3) is 0.923. The van der Waals surface area contributed by atoms with Gasteiger partial charge in [0.05, 0.1) is 12.2 Å². The normalized spacial score (nSPS) is 31.5. The van der Waals surface area contributed by atoms with Crippen LogP contribution in [0.5, 0.6) is 0 Å². The first-order valence-electron chi connectivity index (χ1n) is 6.81. The van der Waals surface area contributed by atoms with Crippen LogP contribution in [0.4, 0.5) is 0 Å². The Labute approximate surface area is 104 Å². The van der Waals surface area contributed by atoms with Gasteiger partial charge in [-0.2, -0.15) is 0 Å². The standard InChI is InChI=1S/C13H24N2O2/c1-4-11-13(16)15(12(14-11)9(2)3)10-5-7-17-8-6-10/h9-12,14H,4-8H2,1-3H3. The highest BCUT2D eigenvalue weighted by Gasteiger charge is 2.42. The fourth-order valence-electron chi connectivity index (χ4n) is 2.85. The molecular formula is C13H24N2O2. The Morgan fingerprint density at radius 2 is 2.06 bits per heavy atom. The van der Waals surface area contributed by atoms with E-state index in [4.69, 9.17) is 4.74 Å². The third-order valence-corrected chi connectivity index (χ3v) is 3.85. The predicted octanol–water partition coefficient (Wildman–Crippen LogP) is 1.36. The van der Waals surface area contributed by atoms with Gasteiger partial charge in [-0.15, -0.1) is 0 Å². The summed E-state index contributed by atoms with van der Waals surface area (Å²) in [6.07, 6.45) is 3.04. The highest BCUT2D eigenvalue weighted by atomic mass is 16.5. The van der Waals surface area contributed by atoms with Crippen molar-refractivity contribution >= 4 is 5.91 Å². The summed E-state index contributed by atoms with van der Waals surface area (Å²) in [6, 6.07) is 0.387. The number of rotatable bonds is 3. The summed E-state index contributed by atoms with van der Waals surface area (Å²) in [5.41, 5.74) is 0. The molecule has 98 valence electrons. The molecule has 1 amide bonds. The van der Waals surface area contributed by atoms with Crippen LogP contribution in [0.15, 0.2) is 0 Å². The van der Waals surface area contributed by atoms with Crippen LogP contribution in [-0.2, 0) is 9.53 Å². The highest BCUT2D eigenvalue weighted by molar-refractivity contribution is 5.84. The topological polar surface area (TPSA) is 41.6 Å². The van der Waals surface area contributed by atoms with E-state index in [1.54, 1.807) is 0 Å². The van der Waals surface area contributed by atoms with Crippen molar-refractivity contribution in [1.29, 1.82) is 0 Å². The van der Waals surface area contributed by atoms with E-state index in [0.717, 1.165) is 32.5 Å². The number of nitrogens with zero attached hydrogens (tertiary/aromatic N) is 1. The van der Waals surface area contributed by atoms with Crippen molar-refractivity contribution in [2.75, 3.05) is 13.2 Å². The summed E-state index contributed by atoms with van der Waals surface area (Å²) in [5, 5.41) is 3.47. The summed E-state index contributed by atoms with van der Waals surface area (Å²) in [6.45, 7) is 8.00. The lowest BCUT2D eigenvalue weighted by atomic mass is 10.0. The van der Waals surface area contributed by atoms with Crippen molar-refractivity contribution in [3.05, 3.63) is 0 Å². The van der Waals surface area contributed by atoms with Crippen LogP contribution in [-0.4, -0.2) is 42.3 Å². The van der Waals surface area contributed by atoms with Crippen LogP contribution in [0.3, 0.4) is 0 Å². The molecule has 2 aliphatic heterocycles. The molecule has 2 heterocycles. The predicted molar refractivity (Wildman–Crippen MR) is 66.5 cm³/mol. The van der Waals surface area contributed by atoms with Gasteiger partial charge in [0.1, 0.15) is 0 Å². The molecule has 0 aromatic rings. The van der Waals surface area contributed by atoms with E-state index in [1.165, 1.54) is 0 Å². The molecule has 0 saturated carbocycles. The second-order valence-electron chi connectivity index (χ2n) is 5.41. The molecule has 0 aromatic heterocycles. The van der Waals surface area contributed by atoms with E-state index in [-0.39, 0.29) is 18.1 Å². The van der Waals surface area contributed by atoms with Gasteiger partial charge in [0, 0.05) is 19.3 Å². The van der Waals surface area contributed by atoms with E-state index < -0.39 is 0 Å². The fourth-order valence-corrected chi connectivity index (χ4v) is 2.85. The Balaban J connectivity index is 2.12. The Morgan fingerprint density at radius 1 is 1.41 bits per heavy atom. The minimum Gasteiger partial charge on any atom is -0.381 e. The number of carbonyl (C=O) groups is 1. The number of hydrogen-bond donors (Lipinski definition) is 1. The van der Waals surface area contributed by atoms with Gasteiger partial charge in [-0.05, 0) is 25.2 Å². The largest absolute Gasteiger partial charge is 0.381 e. The lowest BCUT2D eigenvalue weighted by Crippen LogP contribution is -2.49. The summed E-state index contributed by atoms with van der Waals surface area (Å²) < 4.78 is 5.39. The monoisotopic (exact) mass is 240 g/mol. The van der Waals surface area contributed by atoms with E-state index in [9.17, 15) is 4.79 Å². The van der Waals surface area contributed by atoms with E-state index >= 15 is 0 Å². The molecule has 0 spiro atoms. The summed E-state index contributed by atoms with van der Waals surface area (Å²) in [7, 11) is 0. The third-order valence-electron chi connectivity index (χ3n) is 3.85. The van der Waals surface area contributed by atoms with Crippen molar-refractivity contribution in [3.8, 4) is 0 Å². The SMILES string of the molecule is CCC1NC(C(C)C)N(C2CCOCC2)C1=O. The molecule has 0 aliphatic carbocycles. The molecule has 2 atom stereocenters. The van der Waals surface area contributed by atoms with E-state index in [2.05, 4.69) is 31.0 Å². The van der Waals surface area contributed by atoms with Crippen molar-refractivity contribution in [3.63, 3.8) is 0 Å². The molecule has 17 heavy (non-hydrogen) atoms. The Bertz CT molecular complexity index is 275. The van der Waals surface area contributed by atoms with Crippen LogP contribution in [0.25, 0.3) is 0 Å². The Hall–Kier alpha value is -0.610. The average molecular weight is 240 g/mol. The molecular weight excluding hydrogens is 216 g/mol. The second-order valence-corrected chi connectivity index (χ2v) is 5.41. The molecule has 0 radical (unpaired) electrons. The second kappa shape index (κ2) is 5.36. The Morgan fingerprint density at radius 3 is 2.59 bits per heavy atom. The Kier molecular flexibility index (Phi) is 4.05. The van der Waals surface area contributed by atoms with Gasteiger partial charge in [0.25, 0.3) is 0 Å².